The molecule has 0 aromatic rings. The second-order valence-electron chi connectivity index (χ2n) is 3.08. The van der Waals surface area contributed by atoms with E-state index in [-0.39, 0.29) is 11.9 Å². The van der Waals surface area contributed by atoms with Crippen molar-refractivity contribution in [2.75, 3.05) is 0 Å². The van der Waals surface area contributed by atoms with Crippen molar-refractivity contribution in [3.8, 4) is 0 Å². The van der Waals surface area contributed by atoms with E-state index in [0.717, 1.165) is 0 Å². The lowest BCUT2D eigenvalue weighted by molar-refractivity contribution is 0.130. The van der Waals surface area contributed by atoms with Crippen LogP contribution in [0.5, 0.6) is 0 Å². The van der Waals surface area contributed by atoms with E-state index >= 15 is 0 Å². The fraction of sp³-hybridized carbons (Fsp3) is 0.714. The zero-order valence-electron chi connectivity index (χ0n) is 8.38. The first-order chi connectivity index (χ1) is 6.34. The van der Waals surface area contributed by atoms with E-state index in [4.69, 9.17) is 22.9 Å². The highest BCUT2D eigenvalue weighted by molar-refractivity contribution is 5.76. The summed E-state index contributed by atoms with van der Waals surface area (Å²) in [5, 5.41) is 9.65. The van der Waals surface area contributed by atoms with Crippen LogP contribution in [0.15, 0.2) is 9.98 Å². The van der Waals surface area contributed by atoms with E-state index in [1.807, 2.05) is 0 Å². The Bertz CT molecular complexity index is 206. The molecule has 0 fully saturated rings. The number of aliphatic imine (C=N–C) groups is 2. The molecular formula is C7H18N6O. The Kier molecular flexibility index (Phi) is 4.71. The van der Waals surface area contributed by atoms with Crippen molar-refractivity contribution in [2.45, 2.75) is 32.0 Å². The van der Waals surface area contributed by atoms with Gasteiger partial charge in [-0.05, 0) is 13.8 Å². The first-order valence-electron chi connectivity index (χ1n) is 4.20. The van der Waals surface area contributed by atoms with Gasteiger partial charge in [0.2, 0.25) is 0 Å². The molecule has 0 aliphatic carbocycles. The monoisotopic (exact) mass is 202 g/mol. The molecule has 0 aliphatic heterocycles. The molecule has 0 saturated carbocycles. The maximum Gasteiger partial charge on any atom is 0.186 e. The number of hydrogen-bond donors (Lipinski definition) is 5. The lowest BCUT2D eigenvalue weighted by atomic mass is 10.1. The van der Waals surface area contributed by atoms with Gasteiger partial charge in [0.15, 0.2) is 11.9 Å². The maximum atomic E-state index is 9.65. The Hall–Kier alpha value is -1.50. The third kappa shape index (κ3) is 4.51. The fourth-order valence-electron chi connectivity index (χ4n) is 1.03. The molecule has 0 saturated heterocycles. The smallest absolute Gasteiger partial charge is 0.186 e. The van der Waals surface area contributed by atoms with Gasteiger partial charge in [0, 0.05) is 0 Å². The number of aliphatic hydroxyl groups is 1. The Morgan fingerprint density at radius 1 is 0.929 bits per heavy atom. The van der Waals surface area contributed by atoms with Crippen molar-refractivity contribution in [3.05, 3.63) is 0 Å². The summed E-state index contributed by atoms with van der Waals surface area (Å²) < 4.78 is 0. The average molecular weight is 202 g/mol. The van der Waals surface area contributed by atoms with Crippen molar-refractivity contribution in [1.29, 1.82) is 0 Å². The third-order valence-corrected chi connectivity index (χ3v) is 1.69. The first-order valence-corrected chi connectivity index (χ1v) is 4.20. The van der Waals surface area contributed by atoms with E-state index < -0.39 is 18.2 Å². The molecule has 2 unspecified atom stereocenters. The van der Waals surface area contributed by atoms with Crippen LogP contribution in [0, 0.1) is 0 Å². The molecule has 82 valence electrons. The zero-order chi connectivity index (χ0) is 11.3. The van der Waals surface area contributed by atoms with Crippen LogP contribution in [0.2, 0.25) is 0 Å². The van der Waals surface area contributed by atoms with E-state index in [2.05, 4.69) is 9.98 Å². The number of nitrogens with two attached hydrogens (primary N) is 4. The fourth-order valence-corrected chi connectivity index (χ4v) is 1.03. The second kappa shape index (κ2) is 5.28. The zero-order valence-corrected chi connectivity index (χ0v) is 8.38. The molecule has 7 nitrogen and oxygen atoms in total. The van der Waals surface area contributed by atoms with Gasteiger partial charge in [0.05, 0.1) is 18.2 Å². The number of hydrogen-bond acceptors (Lipinski definition) is 3. The minimum atomic E-state index is -0.820. The van der Waals surface area contributed by atoms with Crippen LogP contribution in [0.4, 0.5) is 0 Å². The minimum absolute atomic E-state index is 0.0755. The molecule has 0 bridgehead atoms. The van der Waals surface area contributed by atoms with Crippen molar-refractivity contribution < 1.29 is 5.11 Å². The van der Waals surface area contributed by atoms with Crippen LogP contribution < -0.4 is 22.9 Å². The number of aliphatic hydroxyl groups excluding tert-OH is 1. The molecule has 0 aromatic carbocycles. The largest absolute Gasteiger partial charge is 0.389 e. The molecule has 0 aliphatic rings. The van der Waals surface area contributed by atoms with Crippen molar-refractivity contribution >= 4 is 11.9 Å². The summed E-state index contributed by atoms with van der Waals surface area (Å²) in [6, 6.07) is -0.892. The summed E-state index contributed by atoms with van der Waals surface area (Å²) in [4.78, 5) is 7.55. The van der Waals surface area contributed by atoms with Gasteiger partial charge in [0.25, 0.3) is 0 Å². The lowest BCUT2D eigenvalue weighted by Gasteiger charge is -2.19. The highest BCUT2D eigenvalue weighted by Crippen LogP contribution is 2.06. The van der Waals surface area contributed by atoms with Gasteiger partial charge < -0.3 is 28.0 Å². The maximum absolute atomic E-state index is 9.65. The highest BCUT2D eigenvalue weighted by atomic mass is 16.3. The predicted molar refractivity (Wildman–Crippen MR) is 56.6 cm³/mol. The van der Waals surface area contributed by atoms with Gasteiger partial charge >= 0.3 is 0 Å². The summed E-state index contributed by atoms with van der Waals surface area (Å²) in [5.41, 5.74) is 20.7. The van der Waals surface area contributed by atoms with E-state index in [0.29, 0.717) is 0 Å². The van der Waals surface area contributed by atoms with Crippen LogP contribution in [-0.2, 0) is 0 Å². The summed E-state index contributed by atoms with van der Waals surface area (Å²) in [6.45, 7) is 3.34. The normalized spacial score (nSPS) is 16.5. The Morgan fingerprint density at radius 2 is 1.21 bits per heavy atom. The first kappa shape index (κ1) is 12.5. The molecule has 0 heterocycles. The summed E-state index contributed by atoms with van der Waals surface area (Å²) >= 11 is 0. The lowest BCUT2D eigenvalue weighted by Crippen LogP contribution is -2.37. The molecule has 0 rings (SSSR count). The Balaban J connectivity index is 4.39. The number of rotatable bonds is 4. The van der Waals surface area contributed by atoms with Crippen molar-refractivity contribution in [3.63, 3.8) is 0 Å². The average Bonchev–Trinajstić information content (AvgIpc) is 2.00. The Morgan fingerprint density at radius 3 is 1.43 bits per heavy atom. The quantitative estimate of drug-likeness (QED) is 0.256. The summed E-state index contributed by atoms with van der Waals surface area (Å²) in [5.74, 6) is -0.151. The van der Waals surface area contributed by atoms with Crippen LogP contribution >= 0.6 is 0 Å². The predicted octanol–water partition coefficient (Wildman–Crippen LogP) is -2.33. The van der Waals surface area contributed by atoms with Gasteiger partial charge in [-0.25, -0.2) is 9.98 Å². The van der Waals surface area contributed by atoms with Gasteiger partial charge in [-0.1, -0.05) is 0 Å². The van der Waals surface area contributed by atoms with Gasteiger partial charge in [-0.15, -0.1) is 0 Å². The van der Waals surface area contributed by atoms with Gasteiger partial charge in [0.1, 0.15) is 0 Å². The summed E-state index contributed by atoms with van der Waals surface area (Å²) in [7, 11) is 0. The molecule has 0 amide bonds. The Labute approximate surface area is 82.9 Å². The molecule has 9 N–H and O–H groups in total. The van der Waals surface area contributed by atoms with E-state index in [1.54, 1.807) is 13.8 Å². The molecule has 2 atom stereocenters. The highest BCUT2D eigenvalue weighted by Gasteiger charge is 2.20. The third-order valence-electron chi connectivity index (χ3n) is 1.69. The molecule has 0 radical (unpaired) electrons. The molecule has 14 heavy (non-hydrogen) atoms. The summed E-state index contributed by atoms with van der Waals surface area (Å²) in [6.07, 6.45) is -0.820. The van der Waals surface area contributed by atoms with Gasteiger partial charge in [-0.3, -0.25) is 0 Å². The van der Waals surface area contributed by atoms with Gasteiger partial charge in [-0.2, -0.15) is 0 Å². The van der Waals surface area contributed by atoms with Crippen LogP contribution in [0.1, 0.15) is 13.8 Å². The molecule has 7 heteroatoms. The topological polar surface area (TPSA) is 149 Å². The van der Waals surface area contributed by atoms with Crippen LogP contribution in [0.3, 0.4) is 0 Å². The van der Waals surface area contributed by atoms with Crippen LogP contribution in [-0.4, -0.2) is 35.2 Å². The second-order valence-corrected chi connectivity index (χ2v) is 3.08. The SMILES string of the molecule is CC(N=C(N)N)C(O)C(C)N=C(N)N. The van der Waals surface area contributed by atoms with Crippen molar-refractivity contribution in [2.24, 2.45) is 32.9 Å². The van der Waals surface area contributed by atoms with E-state index in [9.17, 15) is 5.11 Å². The number of nitrogens with zero attached hydrogens (tertiary/aromatic N) is 2. The minimum Gasteiger partial charge on any atom is -0.389 e. The van der Waals surface area contributed by atoms with Crippen molar-refractivity contribution in [1.82, 2.24) is 0 Å². The molecule has 0 spiro atoms. The van der Waals surface area contributed by atoms with Crippen LogP contribution in [0.25, 0.3) is 0 Å². The standard InChI is InChI=1S/C7H18N6O/c1-3(12-6(8)9)5(14)4(2)13-7(10)11/h3-5,14H,1-2H3,(H4,8,9,12)(H4,10,11,13). The van der Waals surface area contributed by atoms with E-state index in [1.165, 1.54) is 0 Å². The number of guanidine groups is 2. The molecular weight excluding hydrogens is 184 g/mol. The molecule has 0 aromatic heterocycles.